The molecule has 0 saturated heterocycles. The van der Waals surface area contributed by atoms with Gasteiger partial charge in [-0.05, 0) is 73.4 Å². The van der Waals surface area contributed by atoms with E-state index in [1.165, 1.54) is 22.3 Å². The number of rotatable bonds is 5. The largest absolute Gasteiger partial charge is 0.511 e. The van der Waals surface area contributed by atoms with Crippen molar-refractivity contribution in [3.63, 3.8) is 0 Å². The highest BCUT2D eigenvalue weighted by Crippen LogP contribution is 2.40. The van der Waals surface area contributed by atoms with Crippen molar-refractivity contribution in [3.05, 3.63) is 44.7 Å². The Hall–Kier alpha value is -1.55. The summed E-state index contributed by atoms with van der Waals surface area (Å²) < 4.78 is 0. The van der Waals surface area contributed by atoms with Crippen LogP contribution in [0.2, 0.25) is 0 Å². The van der Waals surface area contributed by atoms with Crippen molar-refractivity contribution in [3.8, 4) is 0 Å². The van der Waals surface area contributed by atoms with Gasteiger partial charge in [-0.1, -0.05) is 6.92 Å². The van der Waals surface area contributed by atoms with Crippen molar-refractivity contribution in [1.29, 1.82) is 0 Å². The summed E-state index contributed by atoms with van der Waals surface area (Å²) in [6, 6.07) is 0. The minimum Gasteiger partial charge on any atom is -0.511 e. The highest BCUT2D eigenvalue weighted by Gasteiger charge is 2.34. The van der Waals surface area contributed by atoms with Crippen LogP contribution in [0.25, 0.3) is 0 Å². The van der Waals surface area contributed by atoms with Crippen LogP contribution in [0.5, 0.6) is 0 Å². The third kappa shape index (κ3) is 3.55. The molecule has 4 heteroatoms. The van der Waals surface area contributed by atoms with Gasteiger partial charge in [0.1, 0.15) is 5.76 Å². The van der Waals surface area contributed by atoms with Crippen LogP contribution in [0.4, 0.5) is 0 Å². The lowest BCUT2D eigenvalue weighted by Crippen LogP contribution is -2.25. The monoisotopic (exact) mass is 360 g/mol. The van der Waals surface area contributed by atoms with Crippen LogP contribution in [0, 0.1) is 27.7 Å². The van der Waals surface area contributed by atoms with Crippen LogP contribution in [-0.2, 0) is 15.3 Å². The third-order valence-electron chi connectivity index (χ3n) is 5.63. The van der Waals surface area contributed by atoms with Gasteiger partial charge < -0.3 is 5.11 Å². The van der Waals surface area contributed by atoms with Crippen LogP contribution >= 0.6 is 12.6 Å². The predicted octanol–water partition coefficient (Wildman–Crippen LogP) is 4.98. The number of aliphatic hydroxyl groups excluding tert-OH is 1. The molecule has 25 heavy (non-hydrogen) atoms. The Morgan fingerprint density at radius 2 is 1.68 bits per heavy atom. The second-order valence-electron chi connectivity index (χ2n) is 7.07. The molecule has 1 aromatic carbocycles. The molecule has 0 aromatic heterocycles. The fourth-order valence-corrected chi connectivity index (χ4v) is 4.35. The number of aliphatic hydroxyl groups is 1. The van der Waals surface area contributed by atoms with E-state index in [1.807, 2.05) is 6.92 Å². The summed E-state index contributed by atoms with van der Waals surface area (Å²) in [7, 11) is 0. The van der Waals surface area contributed by atoms with Gasteiger partial charge in [0.25, 0.3) is 0 Å². The highest BCUT2D eigenvalue weighted by molar-refractivity contribution is 7.79. The average molecular weight is 361 g/mol. The molecule has 0 amide bonds. The van der Waals surface area contributed by atoms with Crippen molar-refractivity contribution in [2.45, 2.75) is 72.0 Å². The van der Waals surface area contributed by atoms with Crippen LogP contribution in [0.15, 0.2) is 11.3 Å². The van der Waals surface area contributed by atoms with E-state index in [9.17, 15) is 14.7 Å². The molecule has 1 atom stereocenters. The summed E-state index contributed by atoms with van der Waals surface area (Å²) in [5.74, 6) is 0.00397. The molecule has 1 aliphatic carbocycles. The first-order valence-corrected chi connectivity index (χ1v) is 9.56. The Kier molecular flexibility index (Phi) is 6.15. The number of carbonyl (C=O) groups is 2. The van der Waals surface area contributed by atoms with Gasteiger partial charge in [0.15, 0.2) is 11.6 Å². The van der Waals surface area contributed by atoms with Gasteiger partial charge in [-0.25, -0.2) is 0 Å². The van der Waals surface area contributed by atoms with Gasteiger partial charge in [0.05, 0.1) is 5.57 Å². The zero-order valence-electron chi connectivity index (χ0n) is 15.8. The van der Waals surface area contributed by atoms with Crippen LogP contribution in [-0.4, -0.2) is 16.7 Å². The quantitative estimate of drug-likeness (QED) is 0.575. The highest BCUT2D eigenvalue weighted by atomic mass is 32.1. The number of Topliss-reactive ketones (excluding diaryl/α,β-unsaturated/α-hetero) is 2. The zero-order chi connectivity index (χ0) is 18.9. The van der Waals surface area contributed by atoms with Crippen LogP contribution < -0.4 is 0 Å². The minimum absolute atomic E-state index is 0.0312. The Morgan fingerprint density at radius 1 is 1.08 bits per heavy atom. The van der Waals surface area contributed by atoms with E-state index in [4.69, 9.17) is 0 Å². The van der Waals surface area contributed by atoms with Crippen LogP contribution in [0.3, 0.4) is 0 Å². The molecule has 0 aliphatic heterocycles. The van der Waals surface area contributed by atoms with E-state index >= 15 is 0 Å². The van der Waals surface area contributed by atoms with Crippen molar-refractivity contribution < 1.29 is 14.7 Å². The van der Waals surface area contributed by atoms with Crippen LogP contribution in [0.1, 0.15) is 71.9 Å². The molecule has 0 bridgehead atoms. The number of allylic oxidation sites excluding steroid dienone is 2. The molecule has 1 aromatic rings. The van der Waals surface area contributed by atoms with Gasteiger partial charge >= 0.3 is 0 Å². The number of carbonyl (C=O) groups excluding carboxylic acids is 2. The molecule has 0 radical (unpaired) electrons. The smallest absolute Gasteiger partial charge is 0.170 e. The molecular weight excluding hydrogens is 332 g/mol. The molecule has 0 heterocycles. The molecule has 0 spiro atoms. The molecule has 3 nitrogen and oxygen atoms in total. The van der Waals surface area contributed by atoms with E-state index in [1.54, 1.807) is 0 Å². The standard InChI is InChI=1S/C21H28O3S/c1-6-7-17(22)21-18(23)8-15(9-19(21)24)20-14(5)12(3)11(2)13(4)16(20)10-25/h15,23,25H,6-10H2,1-5H3. The third-order valence-corrected chi connectivity index (χ3v) is 5.95. The number of hydrogen-bond donors (Lipinski definition) is 2. The molecule has 136 valence electrons. The Morgan fingerprint density at radius 3 is 2.20 bits per heavy atom. The predicted molar refractivity (Wildman–Crippen MR) is 105 cm³/mol. The summed E-state index contributed by atoms with van der Waals surface area (Å²) in [6.45, 7) is 10.3. The van der Waals surface area contributed by atoms with Gasteiger partial charge in [-0.3, -0.25) is 9.59 Å². The number of hydrogen-bond acceptors (Lipinski definition) is 4. The van der Waals surface area contributed by atoms with E-state index in [0.717, 1.165) is 11.1 Å². The maximum absolute atomic E-state index is 12.6. The number of benzene rings is 1. The maximum atomic E-state index is 12.6. The molecule has 2 rings (SSSR count). The second-order valence-corrected chi connectivity index (χ2v) is 7.39. The Bertz CT molecular complexity index is 759. The van der Waals surface area contributed by atoms with Gasteiger partial charge in [0, 0.05) is 25.0 Å². The molecule has 0 saturated carbocycles. The fourth-order valence-electron chi connectivity index (χ4n) is 3.94. The molecule has 0 fully saturated rings. The number of thiol groups is 1. The summed E-state index contributed by atoms with van der Waals surface area (Å²) in [6.07, 6.45) is 1.60. The topological polar surface area (TPSA) is 54.4 Å². The van der Waals surface area contributed by atoms with E-state index < -0.39 is 0 Å². The first kappa shape index (κ1) is 19.8. The van der Waals surface area contributed by atoms with Crippen molar-refractivity contribution in [2.24, 2.45) is 0 Å². The lowest BCUT2D eigenvalue weighted by atomic mass is 9.75. The molecule has 1 aliphatic rings. The van der Waals surface area contributed by atoms with Crippen molar-refractivity contribution in [2.75, 3.05) is 0 Å². The number of ketones is 2. The molecule has 1 N–H and O–H groups in total. The minimum atomic E-state index is -0.231. The summed E-state index contributed by atoms with van der Waals surface area (Å²) >= 11 is 4.51. The first-order chi connectivity index (χ1) is 11.7. The van der Waals surface area contributed by atoms with E-state index in [2.05, 4.69) is 40.3 Å². The SMILES string of the molecule is CCCC(=O)C1=C(O)CC(c2c(C)c(C)c(C)c(C)c2CS)CC1=O. The van der Waals surface area contributed by atoms with E-state index in [0.29, 0.717) is 25.0 Å². The second kappa shape index (κ2) is 7.77. The lowest BCUT2D eigenvalue weighted by molar-refractivity contribution is -0.122. The fraction of sp³-hybridized carbons (Fsp3) is 0.524. The maximum Gasteiger partial charge on any atom is 0.170 e. The summed E-state index contributed by atoms with van der Waals surface area (Å²) in [5.41, 5.74) is 7.16. The van der Waals surface area contributed by atoms with Gasteiger partial charge in [0.2, 0.25) is 0 Å². The Labute approximate surface area is 155 Å². The average Bonchev–Trinajstić information content (AvgIpc) is 2.55. The summed E-state index contributed by atoms with van der Waals surface area (Å²) in [4.78, 5) is 24.7. The van der Waals surface area contributed by atoms with Gasteiger partial charge in [-0.2, -0.15) is 12.6 Å². The van der Waals surface area contributed by atoms with Crippen molar-refractivity contribution in [1.82, 2.24) is 0 Å². The molecule has 1 unspecified atom stereocenters. The molecular formula is C21H28O3S. The van der Waals surface area contributed by atoms with Gasteiger partial charge in [-0.15, -0.1) is 0 Å². The first-order valence-electron chi connectivity index (χ1n) is 8.92. The lowest BCUT2D eigenvalue weighted by Gasteiger charge is -2.29. The van der Waals surface area contributed by atoms with E-state index in [-0.39, 0.29) is 35.2 Å². The van der Waals surface area contributed by atoms with Crippen molar-refractivity contribution >= 4 is 24.2 Å². The Balaban J connectivity index is 2.53. The normalized spacial score (nSPS) is 18.0. The summed E-state index contributed by atoms with van der Waals surface area (Å²) in [5, 5.41) is 10.4. The zero-order valence-corrected chi connectivity index (χ0v) is 16.7.